The second-order valence-electron chi connectivity index (χ2n) is 6.58. The predicted octanol–water partition coefficient (Wildman–Crippen LogP) is 3.19. The number of carbonyl (C=O) groups excluding carboxylic acids is 1. The fraction of sp³-hybridized carbons (Fsp3) is 0.381. The van der Waals surface area contributed by atoms with Gasteiger partial charge in [-0.2, -0.15) is 0 Å². The fourth-order valence-corrected chi connectivity index (χ4v) is 3.58. The molecule has 150 valence electrons. The zero-order valence-electron chi connectivity index (χ0n) is 16.2. The zero-order valence-corrected chi connectivity index (χ0v) is 17.8. The van der Waals surface area contributed by atoms with Gasteiger partial charge in [-0.05, 0) is 42.5 Å². The van der Waals surface area contributed by atoms with Crippen molar-refractivity contribution >= 4 is 21.8 Å². The highest BCUT2D eigenvalue weighted by molar-refractivity contribution is 9.10. The number of piperazine rings is 1. The first-order valence-electron chi connectivity index (χ1n) is 9.18. The Kier molecular flexibility index (Phi) is 7.17. The number of ether oxygens (including phenoxy) is 3. The number of methoxy groups -OCH3 is 2. The molecule has 1 saturated heterocycles. The van der Waals surface area contributed by atoms with Crippen LogP contribution in [0.25, 0.3) is 0 Å². The lowest BCUT2D eigenvalue weighted by Gasteiger charge is -2.35. The van der Waals surface area contributed by atoms with Crippen molar-refractivity contribution in [2.45, 2.75) is 6.54 Å². The molecule has 28 heavy (non-hydrogen) atoms. The van der Waals surface area contributed by atoms with Gasteiger partial charge in [-0.1, -0.05) is 15.9 Å². The van der Waals surface area contributed by atoms with Crippen LogP contribution in [0.2, 0.25) is 0 Å². The van der Waals surface area contributed by atoms with Crippen molar-refractivity contribution in [2.75, 3.05) is 47.0 Å². The molecule has 2 aromatic rings. The molecule has 0 aliphatic carbocycles. The molecule has 0 atom stereocenters. The summed E-state index contributed by atoms with van der Waals surface area (Å²) in [5.41, 5.74) is 1.14. The van der Waals surface area contributed by atoms with Crippen molar-refractivity contribution in [3.05, 3.63) is 52.5 Å². The third-order valence-corrected chi connectivity index (χ3v) is 5.28. The van der Waals surface area contributed by atoms with E-state index in [2.05, 4.69) is 26.9 Å². The maximum absolute atomic E-state index is 12.4. The minimum atomic E-state index is 0.00973. The molecule has 0 N–H and O–H groups in total. The van der Waals surface area contributed by atoms with Crippen LogP contribution in [0.15, 0.2) is 46.9 Å². The van der Waals surface area contributed by atoms with Gasteiger partial charge in [0.25, 0.3) is 5.91 Å². The molecule has 0 spiro atoms. The Labute approximate surface area is 174 Å². The second-order valence-corrected chi connectivity index (χ2v) is 7.49. The summed E-state index contributed by atoms with van der Waals surface area (Å²) in [6.07, 6.45) is 0. The van der Waals surface area contributed by atoms with Gasteiger partial charge in [0.1, 0.15) is 17.2 Å². The Morgan fingerprint density at radius 1 is 0.964 bits per heavy atom. The zero-order chi connectivity index (χ0) is 19.9. The van der Waals surface area contributed by atoms with Crippen molar-refractivity contribution in [3.8, 4) is 17.2 Å². The standard InChI is InChI=1S/C21H25BrN2O4/c1-26-18-4-6-19(7-5-18)28-15-21(25)24-11-9-23(10-12-24)14-16-13-17(22)3-8-20(16)27-2/h3-8,13H,9-12,14-15H2,1-2H3. The van der Waals surface area contributed by atoms with Crippen molar-refractivity contribution in [3.63, 3.8) is 0 Å². The normalized spacial score (nSPS) is 14.6. The van der Waals surface area contributed by atoms with E-state index in [9.17, 15) is 4.79 Å². The van der Waals surface area contributed by atoms with Crippen molar-refractivity contribution in [2.24, 2.45) is 0 Å². The summed E-state index contributed by atoms with van der Waals surface area (Å²) in [7, 11) is 3.30. The Balaban J connectivity index is 1.46. The highest BCUT2D eigenvalue weighted by Crippen LogP contribution is 2.25. The molecule has 0 saturated carbocycles. The van der Waals surface area contributed by atoms with Crippen LogP contribution in [0.4, 0.5) is 0 Å². The number of hydrogen-bond donors (Lipinski definition) is 0. The van der Waals surface area contributed by atoms with E-state index in [0.717, 1.165) is 41.2 Å². The average molecular weight is 449 g/mol. The van der Waals surface area contributed by atoms with Crippen LogP contribution in [0.5, 0.6) is 17.2 Å². The highest BCUT2D eigenvalue weighted by Gasteiger charge is 2.22. The van der Waals surface area contributed by atoms with E-state index < -0.39 is 0 Å². The molecule has 1 heterocycles. The first-order chi connectivity index (χ1) is 13.6. The molecule has 1 aliphatic rings. The van der Waals surface area contributed by atoms with Crippen LogP contribution >= 0.6 is 15.9 Å². The van der Waals surface area contributed by atoms with Gasteiger partial charge in [0.2, 0.25) is 0 Å². The molecule has 1 amide bonds. The van der Waals surface area contributed by atoms with E-state index in [1.807, 2.05) is 29.2 Å². The number of amides is 1. The maximum atomic E-state index is 12.4. The Bertz CT molecular complexity index is 789. The van der Waals surface area contributed by atoms with Gasteiger partial charge in [-0.15, -0.1) is 0 Å². The first kappa shape index (κ1) is 20.5. The van der Waals surface area contributed by atoms with Gasteiger partial charge in [0, 0.05) is 42.8 Å². The molecular weight excluding hydrogens is 424 g/mol. The first-order valence-corrected chi connectivity index (χ1v) is 9.97. The van der Waals surface area contributed by atoms with Crippen LogP contribution in [-0.2, 0) is 11.3 Å². The summed E-state index contributed by atoms with van der Waals surface area (Å²) in [5, 5.41) is 0. The number of nitrogens with zero attached hydrogens (tertiary/aromatic N) is 2. The molecule has 6 nitrogen and oxygen atoms in total. The summed E-state index contributed by atoms with van der Waals surface area (Å²) in [5.74, 6) is 2.32. The summed E-state index contributed by atoms with van der Waals surface area (Å²) in [6.45, 7) is 3.88. The summed E-state index contributed by atoms with van der Waals surface area (Å²) < 4.78 is 17.2. The molecular formula is C21H25BrN2O4. The Morgan fingerprint density at radius 2 is 1.64 bits per heavy atom. The second kappa shape index (κ2) is 9.80. The van der Waals surface area contributed by atoms with Gasteiger partial charge < -0.3 is 19.1 Å². The third kappa shape index (κ3) is 5.39. The SMILES string of the molecule is COc1ccc(OCC(=O)N2CCN(Cc3cc(Br)ccc3OC)CC2)cc1. The van der Waals surface area contributed by atoms with E-state index in [-0.39, 0.29) is 12.5 Å². The van der Waals surface area contributed by atoms with E-state index in [4.69, 9.17) is 14.2 Å². The largest absolute Gasteiger partial charge is 0.497 e. The van der Waals surface area contributed by atoms with Crippen molar-refractivity contribution in [1.82, 2.24) is 9.80 Å². The van der Waals surface area contributed by atoms with Crippen LogP contribution in [0.1, 0.15) is 5.56 Å². The van der Waals surface area contributed by atoms with Crippen LogP contribution < -0.4 is 14.2 Å². The van der Waals surface area contributed by atoms with Crippen LogP contribution in [0, 0.1) is 0 Å². The van der Waals surface area contributed by atoms with E-state index >= 15 is 0 Å². The van der Waals surface area contributed by atoms with Crippen molar-refractivity contribution < 1.29 is 19.0 Å². The molecule has 0 unspecified atom stereocenters. The Hall–Kier alpha value is -2.25. The lowest BCUT2D eigenvalue weighted by Crippen LogP contribution is -2.49. The monoisotopic (exact) mass is 448 g/mol. The maximum Gasteiger partial charge on any atom is 0.260 e. The number of hydrogen-bond acceptors (Lipinski definition) is 5. The lowest BCUT2D eigenvalue weighted by atomic mass is 10.1. The molecule has 7 heteroatoms. The van der Waals surface area contributed by atoms with E-state index in [0.29, 0.717) is 18.8 Å². The predicted molar refractivity (Wildman–Crippen MR) is 111 cm³/mol. The molecule has 3 rings (SSSR count). The molecule has 1 aliphatic heterocycles. The molecule has 2 aromatic carbocycles. The minimum Gasteiger partial charge on any atom is -0.497 e. The molecule has 1 fully saturated rings. The van der Waals surface area contributed by atoms with Gasteiger partial charge in [0.05, 0.1) is 14.2 Å². The van der Waals surface area contributed by atoms with Gasteiger partial charge in [0.15, 0.2) is 6.61 Å². The van der Waals surface area contributed by atoms with Crippen LogP contribution in [-0.4, -0.2) is 62.7 Å². The highest BCUT2D eigenvalue weighted by atomic mass is 79.9. The summed E-state index contributed by atoms with van der Waals surface area (Å²) in [4.78, 5) is 16.6. The van der Waals surface area contributed by atoms with E-state index in [1.54, 1.807) is 26.4 Å². The molecule has 0 radical (unpaired) electrons. The number of benzene rings is 2. The van der Waals surface area contributed by atoms with E-state index in [1.165, 1.54) is 0 Å². The molecule has 0 aromatic heterocycles. The van der Waals surface area contributed by atoms with Gasteiger partial charge in [-0.25, -0.2) is 0 Å². The quantitative estimate of drug-likeness (QED) is 0.650. The van der Waals surface area contributed by atoms with Gasteiger partial charge in [-0.3, -0.25) is 9.69 Å². The Morgan fingerprint density at radius 3 is 2.29 bits per heavy atom. The molecule has 0 bridgehead atoms. The average Bonchev–Trinajstić information content (AvgIpc) is 2.73. The fourth-order valence-electron chi connectivity index (χ4n) is 3.18. The number of carbonyl (C=O) groups is 1. The summed E-state index contributed by atoms with van der Waals surface area (Å²) in [6, 6.07) is 13.3. The number of rotatable bonds is 7. The topological polar surface area (TPSA) is 51.2 Å². The smallest absolute Gasteiger partial charge is 0.260 e. The van der Waals surface area contributed by atoms with Gasteiger partial charge >= 0.3 is 0 Å². The summed E-state index contributed by atoms with van der Waals surface area (Å²) >= 11 is 3.52. The van der Waals surface area contributed by atoms with Crippen molar-refractivity contribution in [1.29, 1.82) is 0 Å². The number of halogens is 1. The lowest BCUT2D eigenvalue weighted by molar-refractivity contribution is -0.135. The third-order valence-electron chi connectivity index (χ3n) is 4.78. The minimum absolute atomic E-state index is 0.00973. The van der Waals surface area contributed by atoms with Crippen LogP contribution in [0.3, 0.4) is 0 Å².